The van der Waals surface area contributed by atoms with Crippen LogP contribution in [0.3, 0.4) is 0 Å². The second-order valence-corrected chi connectivity index (χ2v) is 7.13. The molecule has 0 aromatic heterocycles. The van der Waals surface area contributed by atoms with Crippen LogP contribution in [0.15, 0.2) is 0 Å². The number of aliphatic carboxylic acids is 8. The van der Waals surface area contributed by atoms with E-state index >= 15 is 0 Å². The maximum absolute atomic E-state index is 10.9. The number of carbonyl (C=O) groups excluding carboxylic acids is 1. The first-order valence-corrected chi connectivity index (χ1v) is 9.76. The van der Waals surface area contributed by atoms with Crippen molar-refractivity contribution in [3.05, 3.63) is 0 Å². The number of carboxylic acids is 8. The second-order valence-electron chi connectivity index (χ2n) is 7.13. The molecule has 0 aliphatic heterocycles. The molecule has 0 radical (unpaired) electrons. The van der Waals surface area contributed by atoms with E-state index in [0.717, 1.165) is 9.80 Å². The lowest BCUT2D eigenvalue weighted by molar-refractivity contribution is -0.190. The van der Waals surface area contributed by atoms with E-state index < -0.39 is 98.3 Å². The molecule has 0 amide bonds. The van der Waals surface area contributed by atoms with Gasteiger partial charge < -0.3 is 45.6 Å². The number of rotatable bonds is 17. The van der Waals surface area contributed by atoms with Gasteiger partial charge >= 0.3 is 53.7 Å². The molecule has 0 saturated heterocycles. The molecular weight excluding hydrogens is 532 g/mol. The zero-order valence-corrected chi connectivity index (χ0v) is 19.2. The van der Waals surface area contributed by atoms with Crippen molar-refractivity contribution in [1.29, 1.82) is 0 Å². The fraction of sp³-hybridized carbons (Fsp3) is 0.500. The summed E-state index contributed by atoms with van der Waals surface area (Å²) in [4.78, 5) is 97.1. The van der Waals surface area contributed by atoms with Crippen LogP contribution in [-0.2, 0) is 47.9 Å². The zero-order chi connectivity index (χ0) is 30.2. The van der Waals surface area contributed by atoms with E-state index in [9.17, 15) is 43.2 Å². The van der Waals surface area contributed by atoms with Gasteiger partial charge in [0.25, 0.3) is 0 Å². The molecular formula is C18H24N2O18. The molecule has 0 unspecified atom stereocenters. The SMILES string of the molecule is O=C(O)CC(CC(=O)O)(OC(=O)C(=O)O)C(=O)O.O=C(O)CN(CCN(CC(=O)O)CC(=O)O)CC(=O)O. The number of nitrogens with zero attached hydrogens (tertiary/aromatic N) is 2. The fourth-order valence-electron chi connectivity index (χ4n) is 2.52. The molecule has 0 atom stereocenters. The third-order valence-corrected chi connectivity index (χ3v) is 3.89. The summed E-state index contributed by atoms with van der Waals surface area (Å²) in [5, 5.41) is 68.4. The van der Waals surface area contributed by atoms with E-state index in [4.69, 9.17) is 40.9 Å². The Morgan fingerprint density at radius 2 is 0.789 bits per heavy atom. The molecule has 0 aromatic carbocycles. The van der Waals surface area contributed by atoms with Gasteiger partial charge in [0.05, 0.1) is 39.0 Å². The first kappa shape index (κ1) is 35.3. The van der Waals surface area contributed by atoms with Gasteiger partial charge in [-0.05, 0) is 0 Å². The second kappa shape index (κ2) is 16.8. The van der Waals surface area contributed by atoms with Crippen LogP contribution >= 0.6 is 0 Å². The van der Waals surface area contributed by atoms with Crippen LogP contribution in [0.2, 0.25) is 0 Å². The van der Waals surface area contributed by atoms with Crippen LogP contribution in [-0.4, -0.2) is 149 Å². The van der Waals surface area contributed by atoms with Gasteiger partial charge in [0.15, 0.2) is 0 Å². The van der Waals surface area contributed by atoms with Gasteiger partial charge in [-0.15, -0.1) is 0 Å². The van der Waals surface area contributed by atoms with Crippen molar-refractivity contribution in [3.63, 3.8) is 0 Å². The lowest BCUT2D eigenvalue weighted by Gasteiger charge is -2.25. The number of hydrogen-bond donors (Lipinski definition) is 8. The van der Waals surface area contributed by atoms with Gasteiger partial charge in [-0.1, -0.05) is 0 Å². The summed E-state index contributed by atoms with van der Waals surface area (Å²) in [6.45, 7) is -2.25. The van der Waals surface area contributed by atoms with E-state index in [0.29, 0.717) is 0 Å². The summed E-state index contributed by atoms with van der Waals surface area (Å²) in [7, 11) is 0. The zero-order valence-electron chi connectivity index (χ0n) is 19.2. The van der Waals surface area contributed by atoms with Crippen molar-refractivity contribution in [2.75, 3.05) is 39.3 Å². The Morgan fingerprint density at radius 3 is 0.974 bits per heavy atom. The minimum Gasteiger partial charge on any atom is -0.481 e. The average Bonchev–Trinajstić information content (AvgIpc) is 2.69. The summed E-state index contributed by atoms with van der Waals surface area (Å²) in [6, 6.07) is 0. The van der Waals surface area contributed by atoms with Crippen LogP contribution in [0.1, 0.15) is 12.8 Å². The topological polar surface area (TPSA) is 331 Å². The summed E-state index contributed by atoms with van der Waals surface area (Å²) >= 11 is 0. The van der Waals surface area contributed by atoms with Gasteiger partial charge in [-0.25, -0.2) is 14.4 Å². The number of ether oxygens (including phenoxy) is 1. The monoisotopic (exact) mass is 556 g/mol. The van der Waals surface area contributed by atoms with Gasteiger partial charge in [0.2, 0.25) is 5.60 Å². The Hall–Kier alpha value is -4.85. The molecule has 20 heteroatoms. The van der Waals surface area contributed by atoms with Crippen LogP contribution in [0.5, 0.6) is 0 Å². The maximum atomic E-state index is 10.9. The number of carboxylic acid groups (broad SMARTS) is 8. The third-order valence-electron chi connectivity index (χ3n) is 3.89. The van der Waals surface area contributed by atoms with Crippen LogP contribution in [0, 0.1) is 0 Å². The summed E-state index contributed by atoms with van der Waals surface area (Å²) in [6.07, 6.45) is -2.76. The molecule has 38 heavy (non-hydrogen) atoms. The molecule has 0 spiro atoms. The Balaban J connectivity index is 0. The molecule has 0 aliphatic rings. The average molecular weight is 556 g/mol. The molecule has 0 heterocycles. The maximum Gasteiger partial charge on any atom is 0.418 e. The molecule has 0 aromatic rings. The number of esters is 1. The van der Waals surface area contributed by atoms with E-state index in [1.807, 2.05) is 0 Å². The number of carbonyl (C=O) groups is 9. The largest absolute Gasteiger partial charge is 0.481 e. The highest BCUT2D eigenvalue weighted by atomic mass is 16.6. The van der Waals surface area contributed by atoms with Gasteiger partial charge in [-0.3, -0.25) is 38.6 Å². The fourth-order valence-corrected chi connectivity index (χ4v) is 2.52. The predicted molar refractivity (Wildman–Crippen MR) is 112 cm³/mol. The smallest absolute Gasteiger partial charge is 0.418 e. The van der Waals surface area contributed by atoms with Gasteiger partial charge in [0.1, 0.15) is 0 Å². The molecule has 214 valence electrons. The van der Waals surface area contributed by atoms with Gasteiger partial charge in [-0.2, -0.15) is 0 Å². The van der Waals surface area contributed by atoms with E-state index in [1.165, 1.54) is 0 Å². The highest BCUT2D eigenvalue weighted by molar-refractivity contribution is 6.29. The highest BCUT2D eigenvalue weighted by Crippen LogP contribution is 2.22. The lowest BCUT2D eigenvalue weighted by Crippen LogP contribution is -2.48. The van der Waals surface area contributed by atoms with Gasteiger partial charge in [0, 0.05) is 13.1 Å². The van der Waals surface area contributed by atoms with Crippen LogP contribution in [0.25, 0.3) is 0 Å². The Morgan fingerprint density at radius 1 is 0.500 bits per heavy atom. The molecule has 0 aliphatic carbocycles. The van der Waals surface area contributed by atoms with Crippen molar-refractivity contribution < 1.29 is 88.7 Å². The van der Waals surface area contributed by atoms with Crippen molar-refractivity contribution in [1.82, 2.24) is 9.80 Å². The number of hydrogen-bond acceptors (Lipinski definition) is 12. The van der Waals surface area contributed by atoms with Crippen molar-refractivity contribution in [3.8, 4) is 0 Å². The molecule has 20 nitrogen and oxygen atoms in total. The Kier molecular flexibility index (Phi) is 15.6. The highest BCUT2D eigenvalue weighted by Gasteiger charge is 2.48. The molecule has 0 bridgehead atoms. The molecule has 0 rings (SSSR count). The quantitative estimate of drug-likeness (QED) is 0.0631. The van der Waals surface area contributed by atoms with Crippen molar-refractivity contribution >= 4 is 53.7 Å². The van der Waals surface area contributed by atoms with Crippen LogP contribution < -0.4 is 0 Å². The molecule has 0 fully saturated rings. The predicted octanol–water partition coefficient (Wildman–Crippen LogP) is -3.68. The van der Waals surface area contributed by atoms with E-state index in [1.54, 1.807) is 0 Å². The van der Waals surface area contributed by atoms with Crippen molar-refractivity contribution in [2.24, 2.45) is 0 Å². The Labute approximate surface area is 210 Å². The molecule has 8 N–H and O–H groups in total. The summed E-state index contributed by atoms with van der Waals surface area (Å²) in [5.74, 6) is -14.7. The first-order valence-electron chi connectivity index (χ1n) is 9.76. The molecule has 0 saturated carbocycles. The van der Waals surface area contributed by atoms with E-state index in [2.05, 4.69) is 4.74 Å². The minimum atomic E-state index is -2.97. The van der Waals surface area contributed by atoms with Crippen LogP contribution in [0.4, 0.5) is 0 Å². The Bertz CT molecular complexity index is 860. The van der Waals surface area contributed by atoms with E-state index in [-0.39, 0.29) is 13.1 Å². The van der Waals surface area contributed by atoms with Crippen molar-refractivity contribution in [2.45, 2.75) is 18.4 Å². The lowest BCUT2D eigenvalue weighted by atomic mass is 9.95. The summed E-state index contributed by atoms with van der Waals surface area (Å²) < 4.78 is 3.98. The first-order chi connectivity index (χ1) is 17.3. The summed E-state index contributed by atoms with van der Waals surface area (Å²) in [5.41, 5.74) is -2.97. The third kappa shape index (κ3) is 16.7. The standard InChI is InChI=1S/C10H16N2O8.C8H8O10/c13-7(14)3-11(4-8(15)16)1-2-12(5-9(17)18)6-10(19)20;9-3(10)1-8(7(16)17,2-4(11)12)18-6(15)5(13)14/h1-6H2,(H,13,14)(H,15,16)(H,17,18)(H,19,20);1-2H2,(H,9,10)(H,11,12)(H,13,14)(H,16,17). The minimum absolute atomic E-state index is 0.0703. The normalized spacial score (nSPS) is 10.6.